The maximum Gasteiger partial charge on any atom is 0.229 e. The first-order valence-corrected chi connectivity index (χ1v) is 11.2. The number of fused-ring (bicyclic) bond motifs is 1. The van der Waals surface area contributed by atoms with E-state index in [1.807, 2.05) is 0 Å². The molecule has 11 heteroatoms. The number of carbonyl (C=O) groups is 1. The molecule has 2 aliphatic rings. The molecular formula is C20H26BrClN2O7. The zero-order valence-electron chi connectivity index (χ0n) is 16.7. The van der Waals surface area contributed by atoms with Gasteiger partial charge in [-0.1, -0.05) is 18.0 Å². The molecule has 4 rings (SSSR count). The third-order valence-corrected chi connectivity index (χ3v) is 6.65. The van der Waals surface area contributed by atoms with E-state index < -0.39 is 36.7 Å². The maximum absolute atomic E-state index is 11.0. The smallest absolute Gasteiger partial charge is 0.229 e. The number of hydrogen-bond acceptors (Lipinski definition) is 7. The van der Waals surface area contributed by atoms with Gasteiger partial charge in [0.2, 0.25) is 6.29 Å². The molecule has 0 amide bonds. The summed E-state index contributed by atoms with van der Waals surface area (Å²) >= 11 is 9.27. The van der Waals surface area contributed by atoms with Crippen molar-refractivity contribution in [2.45, 2.75) is 68.9 Å². The number of quaternary nitrogens is 1. The van der Waals surface area contributed by atoms with Crippen LogP contribution in [0.25, 0.3) is 10.9 Å². The molecule has 31 heavy (non-hydrogen) atoms. The quantitative estimate of drug-likeness (QED) is 0.382. The normalized spacial score (nSPS) is 29.3. The first-order valence-electron chi connectivity index (χ1n) is 10.1. The second kappa shape index (κ2) is 10.5. The second-order valence-corrected chi connectivity index (χ2v) is 9.06. The molecule has 1 aliphatic heterocycles. The van der Waals surface area contributed by atoms with E-state index in [1.54, 1.807) is 12.1 Å². The van der Waals surface area contributed by atoms with Crippen molar-refractivity contribution in [3.8, 4) is 5.75 Å². The zero-order valence-corrected chi connectivity index (χ0v) is 19.0. The summed E-state index contributed by atoms with van der Waals surface area (Å²) < 4.78 is 11.1. The van der Waals surface area contributed by atoms with Crippen molar-refractivity contribution < 1.29 is 40.4 Å². The molecule has 9 nitrogen and oxygen atoms in total. The Hall–Kier alpha value is -1.40. The van der Waals surface area contributed by atoms with Gasteiger partial charge in [-0.2, -0.15) is 0 Å². The molecule has 2 unspecified atom stereocenters. The Bertz CT molecular complexity index is 905. The minimum atomic E-state index is -1.83. The number of aliphatic hydroxyl groups excluding tert-OH is 3. The lowest BCUT2D eigenvalue weighted by Gasteiger charge is -2.40. The number of aliphatic hydroxyl groups is 3. The van der Waals surface area contributed by atoms with Gasteiger partial charge >= 0.3 is 0 Å². The topological polar surface area (TPSA) is 163 Å². The third-order valence-electron chi connectivity index (χ3n) is 5.45. The molecule has 0 spiro atoms. The lowest BCUT2D eigenvalue weighted by atomic mass is 9.97. The van der Waals surface area contributed by atoms with Crippen LogP contribution in [0.3, 0.4) is 0 Å². The molecule has 1 saturated heterocycles. The molecule has 2 fully saturated rings. The number of aromatic amines is 1. The summed E-state index contributed by atoms with van der Waals surface area (Å²) in [5, 5.41) is 41.4. The Labute approximate surface area is 192 Å². The molecular weight excluding hydrogens is 496 g/mol. The van der Waals surface area contributed by atoms with Crippen molar-refractivity contribution in [1.82, 2.24) is 4.98 Å². The van der Waals surface area contributed by atoms with Crippen LogP contribution in [-0.2, 0) is 9.53 Å². The van der Waals surface area contributed by atoms with Crippen LogP contribution in [0.5, 0.6) is 5.75 Å². The van der Waals surface area contributed by atoms with E-state index in [4.69, 9.17) is 21.1 Å². The van der Waals surface area contributed by atoms with Crippen LogP contribution in [0.4, 0.5) is 0 Å². The van der Waals surface area contributed by atoms with Gasteiger partial charge in [-0.15, -0.1) is 0 Å². The van der Waals surface area contributed by atoms with Crippen LogP contribution < -0.4 is 15.6 Å². The fourth-order valence-electron chi connectivity index (χ4n) is 3.64. The lowest BCUT2D eigenvalue weighted by Crippen LogP contribution is -2.63. The zero-order chi connectivity index (χ0) is 22.7. The summed E-state index contributed by atoms with van der Waals surface area (Å²) in [7, 11) is 0. The van der Waals surface area contributed by atoms with Crippen molar-refractivity contribution in [3.63, 3.8) is 0 Å². The number of H-pyrrole nitrogens is 1. The van der Waals surface area contributed by atoms with E-state index in [9.17, 15) is 25.2 Å². The highest BCUT2D eigenvalue weighted by molar-refractivity contribution is 9.10. The van der Waals surface area contributed by atoms with Crippen molar-refractivity contribution in [3.05, 3.63) is 27.8 Å². The summed E-state index contributed by atoms with van der Waals surface area (Å²) in [4.78, 5) is 13.9. The number of halogens is 2. The van der Waals surface area contributed by atoms with Crippen LogP contribution in [0.15, 0.2) is 22.8 Å². The summed E-state index contributed by atoms with van der Waals surface area (Å²) in [5.74, 6) is -1.48. The average molecular weight is 522 g/mol. The summed E-state index contributed by atoms with van der Waals surface area (Å²) in [6.07, 6.45) is -0.0850. The fraction of sp³-hybridized carbons (Fsp3) is 0.550. The van der Waals surface area contributed by atoms with E-state index in [2.05, 4.69) is 26.6 Å². The van der Waals surface area contributed by atoms with Crippen molar-refractivity contribution in [2.24, 2.45) is 0 Å². The van der Waals surface area contributed by atoms with Crippen LogP contribution >= 0.6 is 27.5 Å². The van der Waals surface area contributed by atoms with Gasteiger partial charge in [0.25, 0.3) is 0 Å². The molecule has 0 bridgehead atoms. The van der Waals surface area contributed by atoms with Crippen molar-refractivity contribution in [2.75, 3.05) is 0 Å². The van der Waals surface area contributed by atoms with Gasteiger partial charge < -0.3 is 45.4 Å². The SMILES string of the molecule is O=C([O-])C1O[C@@H](Oc2c[nH]c3cc(Cl)c(Br)cc23)C(O)[C@H](O)[C@@H]1O.[NH3+]C1CCCCC1. The maximum atomic E-state index is 11.0. The predicted molar refractivity (Wildman–Crippen MR) is 113 cm³/mol. The highest BCUT2D eigenvalue weighted by Gasteiger charge is 2.45. The Morgan fingerprint density at radius 2 is 1.87 bits per heavy atom. The van der Waals surface area contributed by atoms with Gasteiger partial charge in [0, 0.05) is 16.1 Å². The average Bonchev–Trinajstić information content (AvgIpc) is 3.11. The number of aromatic nitrogens is 1. The molecule has 2 aromatic rings. The summed E-state index contributed by atoms with van der Waals surface area (Å²) in [6.45, 7) is 0. The van der Waals surface area contributed by atoms with Crippen molar-refractivity contribution in [1.29, 1.82) is 0 Å². The number of benzene rings is 1. The molecule has 1 aliphatic carbocycles. The van der Waals surface area contributed by atoms with Crippen LogP contribution in [0.1, 0.15) is 32.1 Å². The number of carboxylic acids is 1. The van der Waals surface area contributed by atoms with Gasteiger partial charge in [-0.25, -0.2) is 0 Å². The van der Waals surface area contributed by atoms with Gasteiger partial charge in [0.1, 0.15) is 30.2 Å². The molecule has 172 valence electrons. The summed E-state index contributed by atoms with van der Waals surface area (Å²) in [6, 6.07) is 4.10. The number of hydrogen-bond donors (Lipinski definition) is 5. The largest absolute Gasteiger partial charge is 0.547 e. The fourth-order valence-corrected chi connectivity index (χ4v) is 4.15. The minimum Gasteiger partial charge on any atom is -0.547 e. The predicted octanol–water partition coefficient (Wildman–Crippen LogP) is 0.0811. The summed E-state index contributed by atoms with van der Waals surface area (Å²) in [5.41, 5.74) is 4.64. The van der Waals surface area contributed by atoms with Crippen molar-refractivity contribution >= 4 is 44.4 Å². The number of carbonyl (C=O) groups excluding carboxylic acids is 1. The number of aliphatic carboxylic acids is 1. The Morgan fingerprint density at radius 3 is 2.45 bits per heavy atom. The van der Waals surface area contributed by atoms with E-state index in [0.717, 1.165) is 6.04 Å². The number of rotatable bonds is 3. The van der Waals surface area contributed by atoms with E-state index in [-0.39, 0.29) is 5.75 Å². The monoisotopic (exact) mass is 520 g/mol. The Kier molecular flexibility index (Phi) is 8.19. The Balaban J connectivity index is 0.000000330. The minimum absolute atomic E-state index is 0.243. The van der Waals surface area contributed by atoms with Gasteiger partial charge in [-0.3, -0.25) is 0 Å². The highest BCUT2D eigenvalue weighted by atomic mass is 79.9. The molecule has 7 N–H and O–H groups in total. The number of nitrogens with one attached hydrogen (secondary N) is 1. The van der Waals surface area contributed by atoms with Crippen LogP contribution in [0.2, 0.25) is 5.02 Å². The first kappa shape index (κ1) is 24.2. The van der Waals surface area contributed by atoms with Crippen LogP contribution in [0, 0.1) is 0 Å². The Morgan fingerprint density at radius 1 is 1.19 bits per heavy atom. The molecule has 1 aromatic carbocycles. The number of ether oxygens (including phenoxy) is 2. The molecule has 1 aromatic heterocycles. The molecule has 0 radical (unpaired) electrons. The van der Waals surface area contributed by atoms with Crippen LogP contribution in [-0.4, -0.2) is 63.0 Å². The lowest BCUT2D eigenvalue weighted by molar-refractivity contribution is -0.425. The van der Waals surface area contributed by atoms with E-state index >= 15 is 0 Å². The number of carboxylic acid groups (broad SMARTS) is 1. The van der Waals surface area contributed by atoms with Gasteiger partial charge in [-0.05, 0) is 53.7 Å². The van der Waals surface area contributed by atoms with E-state index in [0.29, 0.717) is 20.4 Å². The molecule has 1 saturated carbocycles. The van der Waals surface area contributed by atoms with Gasteiger partial charge in [0.05, 0.1) is 22.6 Å². The van der Waals surface area contributed by atoms with E-state index in [1.165, 1.54) is 38.3 Å². The highest BCUT2D eigenvalue weighted by Crippen LogP contribution is 2.34. The second-order valence-electron chi connectivity index (χ2n) is 7.80. The molecule has 2 heterocycles. The standard InChI is InChI=1S/C14H13BrClNO7.C6H13N/c15-5-1-4-7(2-6(5)16)17-3-8(4)23-14-11(20)9(18)10(19)12(24-14)13(21)22;7-6-4-2-1-3-5-6/h1-3,9-12,14,17-20H,(H,21,22);6H,1-5,7H2/t9-,10+,11?,12?,14-;/m1./s1. The molecule has 5 atom stereocenters. The third kappa shape index (κ3) is 5.70. The van der Waals surface area contributed by atoms with Gasteiger partial charge in [0.15, 0.2) is 0 Å². The first-order chi connectivity index (χ1) is 14.7.